The van der Waals surface area contributed by atoms with E-state index in [1.165, 1.54) is 22.7 Å². The van der Waals surface area contributed by atoms with E-state index in [4.69, 9.17) is 9.47 Å². The zero-order chi connectivity index (χ0) is 20.9. The number of benzene rings is 2. The first-order valence-corrected chi connectivity index (χ1v) is 10.2. The number of hydrogen-bond acceptors (Lipinski definition) is 8. The Balaban J connectivity index is 1.80. The summed E-state index contributed by atoms with van der Waals surface area (Å²) in [5.41, 5.74) is 3.06. The minimum absolute atomic E-state index is 0.0840. The summed E-state index contributed by atoms with van der Waals surface area (Å²) in [7, 11) is -2.27. The molecule has 0 amide bonds. The highest BCUT2D eigenvalue weighted by Crippen LogP contribution is 2.29. The van der Waals surface area contributed by atoms with Crippen molar-refractivity contribution in [1.29, 1.82) is 0 Å². The molecule has 0 aromatic heterocycles. The van der Waals surface area contributed by atoms with E-state index in [-0.39, 0.29) is 29.4 Å². The first-order valence-electron chi connectivity index (χ1n) is 8.71. The van der Waals surface area contributed by atoms with Gasteiger partial charge in [-0.1, -0.05) is 0 Å². The van der Waals surface area contributed by atoms with E-state index in [0.29, 0.717) is 19.0 Å². The number of nitrogens with one attached hydrogen (secondary N) is 1. The summed E-state index contributed by atoms with van der Waals surface area (Å²) in [6.45, 7) is 1.01. The van der Waals surface area contributed by atoms with Gasteiger partial charge in [0.25, 0.3) is 5.69 Å². The van der Waals surface area contributed by atoms with Gasteiger partial charge in [0.2, 0.25) is 10.0 Å². The van der Waals surface area contributed by atoms with Gasteiger partial charge in [0, 0.05) is 19.2 Å². The highest BCUT2D eigenvalue weighted by molar-refractivity contribution is 7.89. The Bertz CT molecular complexity index is 1000. The highest BCUT2D eigenvalue weighted by atomic mass is 32.2. The molecule has 2 aromatic carbocycles. The van der Waals surface area contributed by atoms with Crippen molar-refractivity contribution in [3.05, 3.63) is 58.1 Å². The maximum Gasteiger partial charge on any atom is 0.295 e. The van der Waals surface area contributed by atoms with Gasteiger partial charge in [-0.05, 0) is 42.0 Å². The summed E-state index contributed by atoms with van der Waals surface area (Å²) in [5.74, 6) is 0.697. The van der Waals surface area contributed by atoms with Crippen molar-refractivity contribution in [2.45, 2.75) is 4.90 Å². The van der Waals surface area contributed by atoms with Crippen LogP contribution < -0.4 is 10.2 Å². The largest absolute Gasteiger partial charge is 0.497 e. The molecular weight excluding hydrogens is 400 g/mol. The molecule has 0 aliphatic carbocycles. The van der Waals surface area contributed by atoms with Gasteiger partial charge < -0.3 is 9.47 Å². The second-order valence-electron chi connectivity index (χ2n) is 6.10. The average molecular weight is 420 g/mol. The number of nitro groups is 1. The fraction of sp³-hybridized carbons (Fsp3) is 0.278. The Morgan fingerprint density at radius 3 is 2.52 bits per heavy atom. The van der Waals surface area contributed by atoms with Gasteiger partial charge in [-0.25, -0.2) is 8.42 Å². The molecule has 0 bridgehead atoms. The van der Waals surface area contributed by atoms with E-state index in [1.807, 2.05) is 0 Å². The molecular formula is C18H20N4O6S. The topological polar surface area (TPSA) is 123 Å². The van der Waals surface area contributed by atoms with E-state index in [9.17, 15) is 18.5 Å². The lowest BCUT2D eigenvalue weighted by Crippen LogP contribution is -2.40. The Morgan fingerprint density at radius 2 is 1.90 bits per heavy atom. The fourth-order valence-electron chi connectivity index (χ4n) is 2.72. The molecule has 154 valence electrons. The first-order chi connectivity index (χ1) is 13.9. The van der Waals surface area contributed by atoms with Crippen LogP contribution in [0.15, 0.2) is 52.5 Å². The van der Waals surface area contributed by atoms with Gasteiger partial charge in [0.05, 0.1) is 36.4 Å². The van der Waals surface area contributed by atoms with E-state index in [0.717, 1.165) is 11.6 Å². The summed E-state index contributed by atoms with van der Waals surface area (Å²) < 4.78 is 36.9. The molecule has 1 heterocycles. The fourth-order valence-corrected chi connectivity index (χ4v) is 4.15. The first kappa shape index (κ1) is 20.7. The lowest BCUT2D eigenvalue weighted by molar-refractivity contribution is -0.384. The molecule has 3 rings (SSSR count). The number of nitrogens with zero attached hydrogens (tertiary/aromatic N) is 3. The van der Waals surface area contributed by atoms with Gasteiger partial charge in [0.1, 0.15) is 11.4 Å². The van der Waals surface area contributed by atoms with E-state index < -0.39 is 14.9 Å². The molecule has 0 atom stereocenters. The summed E-state index contributed by atoms with van der Waals surface area (Å²) in [5, 5.41) is 15.4. The average Bonchev–Trinajstić information content (AvgIpc) is 2.74. The third kappa shape index (κ3) is 4.88. The van der Waals surface area contributed by atoms with E-state index in [1.54, 1.807) is 31.4 Å². The molecule has 10 nitrogen and oxygen atoms in total. The third-order valence-corrected chi connectivity index (χ3v) is 6.18. The van der Waals surface area contributed by atoms with Gasteiger partial charge in [-0.2, -0.15) is 9.41 Å². The molecule has 29 heavy (non-hydrogen) atoms. The van der Waals surface area contributed by atoms with Crippen LogP contribution in [0.4, 0.5) is 11.4 Å². The third-order valence-electron chi connectivity index (χ3n) is 4.29. The summed E-state index contributed by atoms with van der Waals surface area (Å²) in [6, 6.07) is 10.8. The molecule has 0 saturated carbocycles. The minimum atomic E-state index is -3.83. The summed E-state index contributed by atoms with van der Waals surface area (Å²) in [6.07, 6.45) is 1.49. The molecule has 1 N–H and O–H groups in total. The maximum absolute atomic E-state index is 12.7. The predicted octanol–water partition coefficient (Wildman–Crippen LogP) is 2.07. The quantitative estimate of drug-likeness (QED) is 0.413. The number of rotatable bonds is 7. The lowest BCUT2D eigenvalue weighted by atomic mass is 10.2. The van der Waals surface area contributed by atoms with Crippen molar-refractivity contribution < 1.29 is 22.8 Å². The molecule has 0 radical (unpaired) electrons. The molecule has 1 aliphatic heterocycles. The number of hydrogen-bond donors (Lipinski definition) is 1. The van der Waals surface area contributed by atoms with E-state index in [2.05, 4.69) is 10.5 Å². The standard InChI is InChI=1S/C18H20N4O6S/c1-27-15-4-2-14(3-5-15)13-19-20-17-7-6-16(12-18(17)22(23)24)29(25,26)21-8-10-28-11-9-21/h2-7,12-13,20H,8-11H2,1H3/b19-13+. The van der Waals surface area contributed by atoms with Crippen molar-refractivity contribution >= 4 is 27.6 Å². The summed E-state index contributed by atoms with van der Waals surface area (Å²) in [4.78, 5) is 10.7. The second-order valence-corrected chi connectivity index (χ2v) is 8.03. The molecule has 0 unspecified atom stereocenters. The Morgan fingerprint density at radius 1 is 1.21 bits per heavy atom. The van der Waals surface area contributed by atoms with Crippen molar-refractivity contribution in [2.75, 3.05) is 38.8 Å². The van der Waals surface area contributed by atoms with Crippen LogP contribution in [0.3, 0.4) is 0 Å². The van der Waals surface area contributed by atoms with Crippen LogP contribution in [0, 0.1) is 10.1 Å². The number of nitro benzene ring substituents is 1. The normalized spacial score (nSPS) is 15.3. The van der Waals surface area contributed by atoms with Gasteiger partial charge >= 0.3 is 0 Å². The number of sulfonamides is 1. The molecule has 1 fully saturated rings. The van der Waals surface area contributed by atoms with Gasteiger partial charge in [-0.15, -0.1) is 0 Å². The number of hydrazone groups is 1. The van der Waals surface area contributed by atoms with Crippen molar-refractivity contribution in [1.82, 2.24) is 4.31 Å². The lowest BCUT2D eigenvalue weighted by Gasteiger charge is -2.26. The Kier molecular flexibility index (Phi) is 6.42. The van der Waals surface area contributed by atoms with Gasteiger partial charge in [0.15, 0.2) is 0 Å². The maximum atomic E-state index is 12.7. The van der Waals surface area contributed by atoms with Crippen LogP contribution in [0.1, 0.15) is 5.56 Å². The molecule has 2 aromatic rings. The summed E-state index contributed by atoms with van der Waals surface area (Å²) >= 11 is 0. The van der Waals surface area contributed by atoms with Gasteiger partial charge in [-0.3, -0.25) is 15.5 Å². The van der Waals surface area contributed by atoms with Crippen molar-refractivity contribution in [3.8, 4) is 5.75 Å². The molecule has 1 saturated heterocycles. The SMILES string of the molecule is COc1ccc(/C=N/Nc2ccc(S(=O)(=O)N3CCOCC3)cc2[N+](=O)[O-])cc1. The van der Waals surface area contributed by atoms with E-state index >= 15 is 0 Å². The van der Waals surface area contributed by atoms with Crippen LogP contribution >= 0.6 is 0 Å². The monoisotopic (exact) mass is 420 g/mol. The van der Waals surface area contributed by atoms with Crippen LogP contribution in [0.25, 0.3) is 0 Å². The number of morpholine rings is 1. The number of anilines is 1. The van der Waals surface area contributed by atoms with Crippen LogP contribution in [-0.4, -0.2) is 57.3 Å². The highest BCUT2D eigenvalue weighted by Gasteiger charge is 2.28. The zero-order valence-corrected chi connectivity index (χ0v) is 16.5. The van der Waals surface area contributed by atoms with Crippen molar-refractivity contribution in [2.24, 2.45) is 5.10 Å². The zero-order valence-electron chi connectivity index (χ0n) is 15.6. The number of ether oxygens (including phenoxy) is 2. The smallest absolute Gasteiger partial charge is 0.295 e. The Hall–Kier alpha value is -3.02. The Labute approximate surface area is 167 Å². The van der Waals surface area contributed by atoms with Crippen LogP contribution in [0.2, 0.25) is 0 Å². The minimum Gasteiger partial charge on any atom is -0.497 e. The second kappa shape index (κ2) is 8.99. The molecule has 11 heteroatoms. The van der Waals surface area contributed by atoms with Crippen LogP contribution in [0.5, 0.6) is 5.75 Å². The number of methoxy groups -OCH3 is 1. The molecule has 1 aliphatic rings. The predicted molar refractivity (Wildman–Crippen MR) is 107 cm³/mol. The van der Waals surface area contributed by atoms with Crippen molar-refractivity contribution in [3.63, 3.8) is 0 Å². The van der Waals surface area contributed by atoms with Crippen LogP contribution in [-0.2, 0) is 14.8 Å². The molecule has 0 spiro atoms.